The van der Waals surface area contributed by atoms with Crippen LogP contribution in [-0.4, -0.2) is 49.4 Å². The van der Waals surface area contributed by atoms with Crippen LogP contribution in [0.5, 0.6) is 0 Å². The quantitative estimate of drug-likeness (QED) is 0.656. The highest BCUT2D eigenvalue weighted by Gasteiger charge is 2.23. The molecule has 118 valence electrons. The van der Waals surface area contributed by atoms with Crippen molar-refractivity contribution in [2.45, 2.75) is 6.42 Å². The van der Waals surface area contributed by atoms with Crippen molar-refractivity contribution in [3.8, 4) is 0 Å². The Kier molecular flexibility index (Phi) is 5.52. The Morgan fingerprint density at radius 3 is 2.55 bits per heavy atom. The highest BCUT2D eigenvalue weighted by atomic mass is 19.1. The molecule has 0 aliphatic carbocycles. The number of hydrogen-bond donors (Lipinski definition) is 1. The topological polar surface area (TPSA) is 52.7 Å². The van der Waals surface area contributed by atoms with E-state index < -0.39 is 0 Å². The van der Waals surface area contributed by atoms with Gasteiger partial charge in [0.15, 0.2) is 0 Å². The number of rotatable bonds is 5. The molecule has 1 aromatic rings. The molecule has 1 N–H and O–H groups in total. The molecule has 6 heteroatoms. The Bertz CT molecular complexity index is 554. The van der Waals surface area contributed by atoms with Crippen LogP contribution < -0.4 is 10.2 Å². The molecule has 1 heterocycles. The highest BCUT2D eigenvalue weighted by Crippen LogP contribution is 2.20. The van der Waals surface area contributed by atoms with Gasteiger partial charge in [-0.25, -0.2) is 4.39 Å². The molecular weight excluding hydrogens is 285 g/mol. The molecule has 0 aromatic heterocycles. The Labute approximate surface area is 129 Å². The zero-order valence-corrected chi connectivity index (χ0v) is 12.4. The first-order chi connectivity index (χ1) is 10.6. The predicted molar refractivity (Wildman–Crippen MR) is 83.0 cm³/mol. The van der Waals surface area contributed by atoms with Crippen molar-refractivity contribution < 1.29 is 14.0 Å². The van der Waals surface area contributed by atoms with Crippen LogP contribution in [0.2, 0.25) is 0 Å². The van der Waals surface area contributed by atoms with E-state index >= 15 is 0 Å². The van der Waals surface area contributed by atoms with Gasteiger partial charge in [-0.05, 0) is 12.1 Å². The van der Waals surface area contributed by atoms with Gasteiger partial charge in [-0.2, -0.15) is 0 Å². The number of hydrogen-bond acceptors (Lipinski definition) is 3. The first-order valence-corrected chi connectivity index (χ1v) is 7.26. The SMILES string of the molecule is C=CCNC(=O)CC(=O)N1CCN(c2ccccc2F)CC1. The molecule has 0 radical (unpaired) electrons. The minimum absolute atomic E-state index is 0.159. The van der Waals surface area contributed by atoms with Gasteiger partial charge < -0.3 is 15.1 Å². The summed E-state index contributed by atoms with van der Waals surface area (Å²) >= 11 is 0. The van der Waals surface area contributed by atoms with E-state index in [1.807, 2.05) is 4.90 Å². The summed E-state index contributed by atoms with van der Waals surface area (Å²) in [5, 5.41) is 2.58. The molecule has 2 amide bonds. The van der Waals surface area contributed by atoms with Crippen molar-refractivity contribution >= 4 is 17.5 Å². The lowest BCUT2D eigenvalue weighted by Gasteiger charge is -2.36. The molecule has 0 bridgehead atoms. The summed E-state index contributed by atoms with van der Waals surface area (Å²) in [7, 11) is 0. The summed E-state index contributed by atoms with van der Waals surface area (Å²) < 4.78 is 13.7. The van der Waals surface area contributed by atoms with Gasteiger partial charge in [0.1, 0.15) is 12.2 Å². The maximum absolute atomic E-state index is 13.7. The Morgan fingerprint density at radius 1 is 1.23 bits per heavy atom. The van der Waals surface area contributed by atoms with Gasteiger partial charge in [-0.3, -0.25) is 9.59 Å². The van der Waals surface area contributed by atoms with Gasteiger partial charge in [-0.1, -0.05) is 18.2 Å². The molecule has 0 spiro atoms. The third-order valence-electron chi connectivity index (χ3n) is 3.58. The maximum atomic E-state index is 13.7. The summed E-state index contributed by atoms with van der Waals surface area (Å²) in [6.07, 6.45) is 1.41. The number of nitrogens with zero attached hydrogens (tertiary/aromatic N) is 2. The molecule has 1 fully saturated rings. The van der Waals surface area contributed by atoms with Crippen LogP contribution >= 0.6 is 0 Å². The molecule has 1 saturated heterocycles. The van der Waals surface area contributed by atoms with Crippen LogP contribution in [0.4, 0.5) is 10.1 Å². The van der Waals surface area contributed by atoms with Crippen molar-refractivity contribution in [2.75, 3.05) is 37.6 Å². The smallest absolute Gasteiger partial charge is 0.232 e. The number of piperazine rings is 1. The molecule has 0 unspecified atom stereocenters. The zero-order chi connectivity index (χ0) is 15.9. The lowest BCUT2D eigenvalue weighted by atomic mass is 10.2. The van der Waals surface area contributed by atoms with Gasteiger partial charge in [0.2, 0.25) is 11.8 Å². The lowest BCUT2D eigenvalue weighted by molar-refractivity contribution is -0.136. The fraction of sp³-hybridized carbons (Fsp3) is 0.375. The molecular formula is C16H20FN3O2. The summed E-state index contributed by atoms with van der Waals surface area (Å²) in [6, 6.07) is 6.60. The monoisotopic (exact) mass is 305 g/mol. The van der Waals surface area contributed by atoms with Crippen molar-refractivity contribution in [1.29, 1.82) is 0 Å². The van der Waals surface area contributed by atoms with Crippen molar-refractivity contribution in [3.05, 3.63) is 42.7 Å². The second kappa shape index (κ2) is 7.59. The second-order valence-corrected chi connectivity index (χ2v) is 5.09. The highest BCUT2D eigenvalue weighted by molar-refractivity contribution is 5.97. The number of benzene rings is 1. The first kappa shape index (κ1) is 16.0. The van der Waals surface area contributed by atoms with E-state index in [1.54, 1.807) is 29.2 Å². The average molecular weight is 305 g/mol. The van der Waals surface area contributed by atoms with Gasteiger partial charge in [0.25, 0.3) is 0 Å². The minimum atomic E-state index is -0.304. The second-order valence-electron chi connectivity index (χ2n) is 5.09. The van der Waals surface area contributed by atoms with E-state index in [4.69, 9.17) is 0 Å². The van der Waals surface area contributed by atoms with Crippen LogP contribution in [-0.2, 0) is 9.59 Å². The van der Waals surface area contributed by atoms with Gasteiger partial charge in [0.05, 0.1) is 5.69 Å². The third-order valence-corrected chi connectivity index (χ3v) is 3.58. The van der Waals surface area contributed by atoms with E-state index in [0.717, 1.165) is 0 Å². The number of halogens is 1. The van der Waals surface area contributed by atoms with Crippen LogP contribution in [0, 0.1) is 5.82 Å². The summed E-state index contributed by atoms with van der Waals surface area (Å²) in [6.45, 7) is 5.94. The van der Waals surface area contributed by atoms with Crippen LogP contribution in [0.1, 0.15) is 6.42 Å². The molecule has 0 atom stereocenters. The molecule has 1 aliphatic rings. The van der Waals surface area contributed by atoms with Gasteiger partial charge in [0, 0.05) is 32.7 Å². The molecule has 1 aromatic carbocycles. The summed E-state index contributed by atoms with van der Waals surface area (Å²) in [5.41, 5.74) is 0.554. The predicted octanol–water partition coefficient (Wildman–Crippen LogP) is 1.17. The first-order valence-electron chi connectivity index (χ1n) is 7.26. The normalized spacial score (nSPS) is 14.6. The Morgan fingerprint density at radius 2 is 1.91 bits per heavy atom. The summed E-state index contributed by atoms with van der Waals surface area (Å²) in [4.78, 5) is 27.1. The fourth-order valence-corrected chi connectivity index (χ4v) is 2.40. The number of nitrogens with one attached hydrogen (secondary N) is 1. The van der Waals surface area contributed by atoms with Crippen molar-refractivity contribution in [1.82, 2.24) is 10.2 Å². The van der Waals surface area contributed by atoms with Crippen LogP contribution in [0.3, 0.4) is 0 Å². The number of carbonyl (C=O) groups is 2. The molecule has 5 nitrogen and oxygen atoms in total. The van der Waals surface area contributed by atoms with E-state index in [9.17, 15) is 14.0 Å². The van der Waals surface area contributed by atoms with Gasteiger partial charge >= 0.3 is 0 Å². The largest absolute Gasteiger partial charge is 0.366 e. The lowest BCUT2D eigenvalue weighted by Crippen LogP contribution is -2.49. The number of amides is 2. The van der Waals surface area contributed by atoms with Gasteiger partial charge in [-0.15, -0.1) is 6.58 Å². The van der Waals surface area contributed by atoms with E-state index in [-0.39, 0.29) is 24.1 Å². The molecule has 0 saturated carbocycles. The van der Waals surface area contributed by atoms with E-state index in [0.29, 0.717) is 38.4 Å². The van der Waals surface area contributed by atoms with Crippen LogP contribution in [0.25, 0.3) is 0 Å². The fourth-order valence-electron chi connectivity index (χ4n) is 2.40. The Balaban J connectivity index is 1.84. The Hall–Kier alpha value is -2.37. The van der Waals surface area contributed by atoms with Crippen molar-refractivity contribution in [3.63, 3.8) is 0 Å². The number of anilines is 1. The standard InChI is InChI=1S/C16H20FN3O2/c1-2-7-18-15(21)12-16(22)20-10-8-19(9-11-20)14-6-4-3-5-13(14)17/h2-6H,1,7-12H2,(H,18,21). The van der Waals surface area contributed by atoms with Crippen molar-refractivity contribution in [2.24, 2.45) is 0 Å². The average Bonchev–Trinajstić information content (AvgIpc) is 2.53. The third kappa shape index (κ3) is 4.07. The number of para-hydroxylation sites is 1. The van der Waals surface area contributed by atoms with Crippen LogP contribution in [0.15, 0.2) is 36.9 Å². The molecule has 2 rings (SSSR count). The molecule has 22 heavy (non-hydrogen) atoms. The molecule has 1 aliphatic heterocycles. The number of carbonyl (C=O) groups excluding carboxylic acids is 2. The zero-order valence-electron chi connectivity index (χ0n) is 12.4. The maximum Gasteiger partial charge on any atom is 0.232 e. The summed E-state index contributed by atoms with van der Waals surface area (Å²) in [5.74, 6) is -0.762. The minimum Gasteiger partial charge on any atom is -0.366 e. The van der Waals surface area contributed by atoms with E-state index in [2.05, 4.69) is 11.9 Å². The van der Waals surface area contributed by atoms with E-state index in [1.165, 1.54) is 6.07 Å².